The zero-order valence-corrected chi connectivity index (χ0v) is 10.7. The molecule has 0 spiro atoms. The van der Waals surface area contributed by atoms with E-state index in [1.165, 1.54) is 25.0 Å². The lowest BCUT2D eigenvalue weighted by Crippen LogP contribution is -2.38. The Bertz CT molecular complexity index is 443. The van der Waals surface area contributed by atoms with Gasteiger partial charge in [0.15, 0.2) is 0 Å². The highest BCUT2D eigenvalue weighted by Gasteiger charge is 2.34. The third-order valence-corrected chi connectivity index (χ3v) is 4.35. The molecule has 2 fully saturated rings. The van der Waals surface area contributed by atoms with E-state index in [2.05, 4.69) is 5.32 Å². The van der Waals surface area contributed by atoms with Crippen LogP contribution >= 0.6 is 0 Å². The fraction of sp³-hybridized carbons (Fsp3) is 0.600. The van der Waals surface area contributed by atoms with Crippen LogP contribution in [0.5, 0.6) is 0 Å². The Kier molecular flexibility index (Phi) is 3.29. The molecular formula is C15H18F3N. The van der Waals surface area contributed by atoms with Gasteiger partial charge in [-0.15, -0.1) is 0 Å². The highest BCUT2D eigenvalue weighted by Crippen LogP contribution is 2.34. The quantitative estimate of drug-likeness (QED) is 0.861. The first-order valence-electron chi connectivity index (χ1n) is 6.93. The summed E-state index contributed by atoms with van der Waals surface area (Å²) < 4.78 is 38.0. The van der Waals surface area contributed by atoms with E-state index >= 15 is 0 Å². The van der Waals surface area contributed by atoms with Crippen molar-refractivity contribution in [3.8, 4) is 0 Å². The molecule has 3 rings (SSSR count). The van der Waals surface area contributed by atoms with E-state index in [4.69, 9.17) is 0 Å². The molecule has 0 amide bonds. The van der Waals surface area contributed by atoms with Crippen LogP contribution in [0.4, 0.5) is 13.2 Å². The Morgan fingerprint density at radius 3 is 2.42 bits per heavy atom. The van der Waals surface area contributed by atoms with Gasteiger partial charge < -0.3 is 5.32 Å². The highest BCUT2D eigenvalue weighted by atomic mass is 19.4. The van der Waals surface area contributed by atoms with Gasteiger partial charge in [0.05, 0.1) is 5.56 Å². The topological polar surface area (TPSA) is 12.0 Å². The second kappa shape index (κ2) is 4.82. The molecule has 1 aromatic carbocycles. The number of halogens is 3. The number of hydrogen-bond acceptors (Lipinski definition) is 1. The number of benzene rings is 1. The fourth-order valence-electron chi connectivity index (χ4n) is 3.55. The van der Waals surface area contributed by atoms with Gasteiger partial charge in [-0.3, -0.25) is 0 Å². The average molecular weight is 269 g/mol. The molecule has 2 bridgehead atoms. The van der Waals surface area contributed by atoms with Crippen molar-refractivity contribution in [2.45, 2.75) is 50.4 Å². The Balaban J connectivity index is 1.70. The van der Waals surface area contributed by atoms with Crippen LogP contribution in [0.15, 0.2) is 24.3 Å². The van der Waals surface area contributed by atoms with Crippen molar-refractivity contribution >= 4 is 0 Å². The summed E-state index contributed by atoms with van der Waals surface area (Å²) in [4.78, 5) is 0. The number of piperidine rings is 1. The molecular weight excluding hydrogens is 251 g/mol. The van der Waals surface area contributed by atoms with E-state index < -0.39 is 11.7 Å². The van der Waals surface area contributed by atoms with Crippen molar-refractivity contribution in [2.75, 3.05) is 0 Å². The second-order valence-electron chi connectivity index (χ2n) is 5.88. The minimum atomic E-state index is -4.23. The summed E-state index contributed by atoms with van der Waals surface area (Å²) >= 11 is 0. The summed E-state index contributed by atoms with van der Waals surface area (Å²) in [5, 5.41) is 3.56. The molecule has 19 heavy (non-hydrogen) atoms. The third-order valence-electron chi connectivity index (χ3n) is 4.35. The molecule has 2 saturated heterocycles. The molecule has 1 aromatic rings. The first-order valence-corrected chi connectivity index (χ1v) is 6.93. The van der Waals surface area contributed by atoms with E-state index in [0.717, 1.165) is 30.9 Å². The molecule has 1 nitrogen and oxygen atoms in total. The fourth-order valence-corrected chi connectivity index (χ4v) is 3.55. The van der Waals surface area contributed by atoms with Gasteiger partial charge in [-0.2, -0.15) is 13.2 Å². The second-order valence-corrected chi connectivity index (χ2v) is 5.88. The summed E-state index contributed by atoms with van der Waals surface area (Å²) in [5.74, 6) is 0.530. The van der Waals surface area contributed by atoms with Crippen LogP contribution in [0.3, 0.4) is 0 Å². The van der Waals surface area contributed by atoms with Gasteiger partial charge in [0.1, 0.15) is 0 Å². The number of hydrogen-bond donors (Lipinski definition) is 1. The van der Waals surface area contributed by atoms with Crippen molar-refractivity contribution in [1.29, 1.82) is 0 Å². The van der Waals surface area contributed by atoms with Gasteiger partial charge in [0.25, 0.3) is 0 Å². The number of nitrogens with one attached hydrogen (secondary N) is 1. The van der Waals surface area contributed by atoms with Gasteiger partial charge in [-0.1, -0.05) is 18.2 Å². The van der Waals surface area contributed by atoms with Gasteiger partial charge >= 0.3 is 6.18 Å². The molecule has 2 atom stereocenters. The molecule has 2 unspecified atom stereocenters. The summed E-state index contributed by atoms with van der Waals surface area (Å²) in [7, 11) is 0. The maximum absolute atomic E-state index is 12.7. The molecule has 4 heteroatoms. The maximum Gasteiger partial charge on any atom is 0.416 e. The summed E-state index contributed by atoms with van der Waals surface area (Å²) in [5.41, 5.74) is 0.294. The number of fused-ring (bicyclic) bond motifs is 2. The first kappa shape index (κ1) is 13.0. The van der Waals surface area contributed by atoms with Crippen LogP contribution in [0.1, 0.15) is 36.8 Å². The van der Waals surface area contributed by atoms with Crippen molar-refractivity contribution in [3.05, 3.63) is 35.4 Å². The van der Waals surface area contributed by atoms with Gasteiger partial charge in [-0.05, 0) is 49.7 Å². The Labute approximate surface area is 111 Å². The molecule has 0 radical (unpaired) electrons. The van der Waals surface area contributed by atoms with Crippen LogP contribution in [0.25, 0.3) is 0 Å². The SMILES string of the molecule is FC(F)(F)c1cccc(CC2CC3CCC(C2)N3)c1. The van der Waals surface area contributed by atoms with Crippen molar-refractivity contribution in [3.63, 3.8) is 0 Å². The zero-order chi connectivity index (χ0) is 13.5. The van der Waals surface area contributed by atoms with Gasteiger partial charge in [0.2, 0.25) is 0 Å². The largest absolute Gasteiger partial charge is 0.416 e. The minimum absolute atomic E-state index is 0.526. The van der Waals surface area contributed by atoms with E-state index in [0.29, 0.717) is 18.0 Å². The molecule has 0 aliphatic carbocycles. The Hall–Kier alpha value is -1.03. The smallest absolute Gasteiger partial charge is 0.311 e. The summed E-state index contributed by atoms with van der Waals surface area (Å²) in [6.45, 7) is 0. The molecule has 2 heterocycles. The predicted octanol–water partition coefficient (Wildman–Crippen LogP) is 3.78. The van der Waals surface area contributed by atoms with E-state index in [1.807, 2.05) is 6.07 Å². The van der Waals surface area contributed by atoms with E-state index in [-0.39, 0.29) is 0 Å². The van der Waals surface area contributed by atoms with Crippen molar-refractivity contribution in [2.24, 2.45) is 5.92 Å². The monoisotopic (exact) mass is 269 g/mol. The lowest BCUT2D eigenvalue weighted by molar-refractivity contribution is -0.137. The van der Waals surface area contributed by atoms with Gasteiger partial charge in [-0.25, -0.2) is 0 Å². The lowest BCUT2D eigenvalue weighted by atomic mass is 9.87. The molecule has 2 aliphatic heterocycles. The molecule has 104 valence electrons. The standard InChI is InChI=1S/C15H18F3N/c16-15(17,18)12-3-1-2-10(7-12)6-11-8-13-4-5-14(9-11)19-13/h1-3,7,11,13-14,19H,4-6,8-9H2. The van der Waals surface area contributed by atoms with Crippen LogP contribution < -0.4 is 5.32 Å². The third kappa shape index (κ3) is 2.94. The van der Waals surface area contributed by atoms with E-state index in [9.17, 15) is 13.2 Å². The molecule has 0 saturated carbocycles. The predicted molar refractivity (Wildman–Crippen MR) is 67.8 cm³/mol. The number of rotatable bonds is 2. The summed E-state index contributed by atoms with van der Waals surface area (Å²) in [6, 6.07) is 6.98. The Morgan fingerprint density at radius 2 is 1.79 bits per heavy atom. The van der Waals surface area contributed by atoms with E-state index in [1.54, 1.807) is 0 Å². The van der Waals surface area contributed by atoms with Crippen LogP contribution in [0, 0.1) is 5.92 Å². The number of alkyl halides is 3. The molecule has 1 N–H and O–H groups in total. The zero-order valence-electron chi connectivity index (χ0n) is 10.7. The average Bonchev–Trinajstić information content (AvgIpc) is 2.68. The minimum Gasteiger partial charge on any atom is -0.311 e. The van der Waals surface area contributed by atoms with Crippen molar-refractivity contribution < 1.29 is 13.2 Å². The molecule has 0 aromatic heterocycles. The Morgan fingerprint density at radius 1 is 1.11 bits per heavy atom. The highest BCUT2D eigenvalue weighted by molar-refractivity contribution is 5.26. The van der Waals surface area contributed by atoms with Crippen molar-refractivity contribution in [1.82, 2.24) is 5.32 Å². The van der Waals surface area contributed by atoms with Crippen LogP contribution in [-0.4, -0.2) is 12.1 Å². The first-order chi connectivity index (χ1) is 9.00. The molecule has 2 aliphatic rings. The normalized spacial score (nSPS) is 30.6. The van der Waals surface area contributed by atoms with Crippen LogP contribution in [-0.2, 0) is 12.6 Å². The van der Waals surface area contributed by atoms with Gasteiger partial charge in [0, 0.05) is 12.1 Å². The van der Waals surface area contributed by atoms with Crippen LogP contribution in [0.2, 0.25) is 0 Å². The maximum atomic E-state index is 12.7. The summed E-state index contributed by atoms with van der Waals surface area (Å²) in [6.07, 6.45) is 1.20. The lowest BCUT2D eigenvalue weighted by Gasteiger charge is -2.29.